The van der Waals surface area contributed by atoms with Gasteiger partial charge in [-0.2, -0.15) is 0 Å². The number of rotatable bonds is 2. The Morgan fingerprint density at radius 3 is 2.26 bits per heavy atom. The summed E-state index contributed by atoms with van der Waals surface area (Å²) >= 11 is 23.9. The Morgan fingerprint density at radius 1 is 0.947 bits per heavy atom. The van der Waals surface area contributed by atoms with Gasteiger partial charge in [0.1, 0.15) is 5.82 Å². The fourth-order valence-corrected chi connectivity index (χ4v) is 2.75. The number of carbonyl (C=O) groups is 1. The summed E-state index contributed by atoms with van der Waals surface area (Å²) in [7, 11) is 0. The molecule has 0 spiro atoms. The van der Waals surface area contributed by atoms with Gasteiger partial charge in [0, 0.05) is 5.56 Å². The van der Waals surface area contributed by atoms with Gasteiger partial charge in [0.05, 0.1) is 25.7 Å². The van der Waals surface area contributed by atoms with E-state index >= 15 is 0 Å². The van der Waals surface area contributed by atoms with Crippen molar-refractivity contribution in [1.29, 1.82) is 0 Å². The van der Waals surface area contributed by atoms with Gasteiger partial charge in [-0.1, -0.05) is 52.5 Å². The van der Waals surface area contributed by atoms with Gasteiger partial charge in [-0.15, -0.1) is 0 Å². The van der Waals surface area contributed by atoms with E-state index in [2.05, 4.69) is 0 Å². The van der Waals surface area contributed by atoms with E-state index in [1.54, 1.807) is 0 Å². The molecule has 98 valence electrons. The molecule has 2 aromatic carbocycles. The average Bonchev–Trinajstić information content (AvgIpc) is 2.38. The van der Waals surface area contributed by atoms with Crippen LogP contribution >= 0.6 is 46.4 Å². The summed E-state index contributed by atoms with van der Waals surface area (Å²) in [4.78, 5) is 10.7. The van der Waals surface area contributed by atoms with Gasteiger partial charge in [-0.3, -0.25) is 4.79 Å². The van der Waals surface area contributed by atoms with Crippen molar-refractivity contribution >= 4 is 52.7 Å². The highest BCUT2D eigenvalue weighted by Crippen LogP contribution is 2.43. The lowest BCUT2D eigenvalue weighted by Crippen LogP contribution is -1.90. The maximum atomic E-state index is 13.3. The van der Waals surface area contributed by atoms with Crippen LogP contribution in [-0.4, -0.2) is 6.29 Å². The normalized spacial score (nSPS) is 10.6. The lowest BCUT2D eigenvalue weighted by Gasteiger charge is -2.11. The molecule has 0 aromatic heterocycles. The van der Waals surface area contributed by atoms with E-state index in [4.69, 9.17) is 46.4 Å². The number of carbonyl (C=O) groups excluding carboxylic acids is 1. The number of aldehydes is 1. The molecule has 0 heterocycles. The maximum absolute atomic E-state index is 13.3. The van der Waals surface area contributed by atoms with Crippen LogP contribution in [0.25, 0.3) is 11.1 Å². The predicted molar refractivity (Wildman–Crippen MR) is 77.3 cm³/mol. The van der Waals surface area contributed by atoms with E-state index in [0.717, 1.165) is 6.07 Å². The van der Waals surface area contributed by atoms with Crippen molar-refractivity contribution in [2.45, 2.75) is 0 Å². The first-order chi connectivity index (χ1) is 8.95. The van der Waals surface area contributed by atoms with Gasteiger partial charge in [0.2, 0.25) is 0 Å². The summed E-state index contributed by atoms with van der Waals surface area (Å²) in [5.41, 5.74) is 0.800. The summed E-state index contributed by atoms with van der Waals surface area (Å²) in [6.07, 6.45) is 0.415. The molecular weight excluding hydrogens is 333 g/mol. The molecule has 6 heteroatoms. The molecule has 19 heavy (non-hydrogen) atoms. The van der Waals surface area contributed by atoms with Gasteiger partial charge >= 0.3 is 0 Å². The number of hydrogen-bond donors (Lipinski definition) is 0. The summed E-state index contributed by atoms with van der Waals surface area (Å²) in [5, 5.41) is 0.795. The molecule has 0 atom stereocenters. The number of hydrogen-bond acceptors (Lipinski definition) is 1. The minimum atomic E-state index is -0.619. The van der Waals surface area contributed by atoms with Gasteiger partial charge in [0.25, 0.3) is 0 Å². The second-order valence-electron chi connectivity index (χ2n) is 3.70. The van der Waals surface area contributed by atoms with Crippen LogP contribution in [0.4, 0.5) is 4.39 Å². The maximum Gasteiger partial charge on any atom is 0.153 e. The van der Waals surface area contributed by atoms with Crippen molar-refractivity contribution < 1.29 is 9.18 Å². The molecule has 0 aliphatic carbocycles. The first-order valence-electron chi connectivity index (χ1n) is 5.03. The Labute approximate surface area is 128 Å². The Kier molecular flexibility index (Phi) is 4.36. The highest BCUT2D eigenvalue weighted by molar-refractivity contribution is 6.51. The van der Waals surface area contributed by atoms with E-state index in [1.807, 2.05) is 0 Å². The van der Waals surface area contributed by atoms with Crippen molar-refractivity contribution in [3.63, 3.8) is 0 Å². The van der Waals surface area contributed by atoms with Crippen LogP contribution in [0, 0.1) is 5.82 Å². The van der Waals surface area contributed by atoms with E-state index < -0.39 is 5.82 Å². The first-order valence-corrected chi connectivity index (χ1v) is 6.55. The molecule has 2 aromatic rings. The van der Waals surface area contributed by atoms with Crippen LogP contribution in [0.15, 0.2) is 24.3 Å². The van der Waals surface area contributed by atoms with E-state index in [1.165, 1.54) is 18.2 Å². The number of halogens is 5. The van der Waals surface area contributed by atoms with Crippen molar-refractivity contribution in [1.82, 2.24) is 0 Å². The SMILES string of the molecule is O=Cc1cc(-c2c(Cl)cc(Cl)c(Cl)c2Cl)ccc1F. The van der Waals surface area contributed by atoms with Gasteiger partial charge in [0.15, 0.2) is 6.29 Å². The third kappa shape index (κ3) is 2.72. The second kappa shape index (κ2) is 5.68. The number of benzene rings is 2. The summed E-state index contributed by atoms with van der Waals surface area (Å²) in [6.45, 7) is 0. The van der Waals surface area contributed by atoms with Crippen molar-refractivity contribution in [3.05, 3.63) is 55.7 Å². The Hall–Kier alpha value is -0.800. The highest BCUT2D eigenvalue weighted by atomic mass is 35.5. The molecule has 0 radical (unpaired) electrons. The van der Waals surface area contributed by atoms with Crippen LogP contribution in [-0.2, 0) is 0 Å². The van der Waals surface area contributed by atoms with E-state index in [0.29, 0.717) is 17.4 Å². The highest BCUT2D eigenvalue weighted by Gasteiger charge is 2.16. The standard InChI is InChI=1S/C13H5Cl4FO/c14-8-4-9(15)12(16)13(17)11(8)6-1-2-10(18)7(3-6)5-19/h1-5H. The average molecular weight is 338 g/mol. The Morgan fingerprint density at radius 2 is 1.63 bits per heavy atom. The van der Waals surface area contributed by atoms with Crippen LogP contribution in [0.1, 0.15) is 10.4 Å². The molecule has 0 N–H and O–H groups in total. The summed E-state index contributed by atoms with van der Waals surface area (Å²) in [5.74, 6) is -0.619. The zero-order valence-electron chi connectivity index (χ0n) is 9.18. The Bertz CT molecular complexity index is 670. The van der Waals surface area contributed by atoms with Crippen molar-refractivity contribution in [2.75, 3.05) is 0 Å². The third-order valence-corrected chi connectivity index (χ3v) is 4.09. The van der Waals surface area contributed by atoms with Crippen LogP contribution in [0.5, 0.6) is 0 Å². The zero-order chi connectivity index (χ0) is 14.2. The molecule has 0 aliphatic rings. The fourth-order valence-electron chi connectivity index (χ4n) is 1.62. The molecule has 0 aliphatic heterocycles. The fraction of sp³-hybridized carbons (Fsp3) is 0. The molecule has 0 saturated carbocycles. The van der Waals surface area contributed by atoms with Crippen LogP contribution in [0.2, 0.25) is 20.1 Å². The molecule has 2 rings (SSSR count). The molecule has 1 nitrogen and oxygen atoms in total. The molecule has 0 fully saturated rings. The monoisotopic (exact) mass is 336 g/mol. The van der Waals surface area contributed by atoms with Crippen molar-refractivity contribution in [3.8, 4) is 11.1 Å². The molecule has 0 unspecified atom stereocenters. The minimum absolute atomic E-state index is 0.0873. The van der Waals surface area contributed by atoms with Crippen molar-refractivity contribution in [2.24, 2.45) is 0 Å². The topological polar surface area (TPSA) is 17.1 Å². The summed E-state index contributed by atoms with van der Waals surface area (Å²) < 4.78 is 13.3. The molecule has 0 bridgehead atoms. The quantitative estimate of drug-likeness (QED) is 0.377. The first kappa shape index (κ1) is 14.6. The molecule has 0 amide bonds. The minimum Gasteiger partial charge on any atom is -0.298 e. The third-order valence-electron chi connectivity index (χ3n) is 2.53. The predicted octanol–water partition coefficient (Wildman–Crippen LogP) is 5.92. The largest absolute Gasteiger partial charge is 0.298 e. The van der Waals surface area contributed by atoms with Crippen LogP contribution < -0.4 is 0 Å². The van der Waals surface area contributed by atoms with Crippen LogP contribution in [0.3, 0.4) is 0 Å². The lowest BCUT2D eigenvalue weighted by atomic mass is 10.0. The van der Waals surface area contributed by atoms with Gasteiger partial charge in [-0.25, -0.2) is 4.39 Å². The smallest absolute Gasteiger partial charge is 0.153 e. The second-order valence-corrected chi connectivity index (χ2v) is 5.27. The molecular formula is C13H5Cl4FO. The van der Waals surface area contributed by atoms with Gasteiger partial charge < -0.3 is 0 Å². The Balaban J connectivity index is 2.72. The zero-order valence-corrected chi connectivity index (χ0v) is 12.2. The lowest BCUT2D eigenvalue weighted by molar-refractivity contribution is 0.112. The summed E-state index contributed by atoms with van der Waals surface area (Å²) in [6, 6.07) is 5.41. The van der Waals surface area contributed by atoms with Gasteiger partial charge in [-0.05, 0) is 23.8 Å². The molecule has 0 saturated heterocycles. The van der Waals surface area contributed by atoms with E-state index in [9.17, 15) is 9.18 Å². The van der Waals surface area contributed by atoms with E-state index in [-0.39, 0.29) is 25.7 Å².